The monoisotopic (exact) mass is 463 g/mol. The number of piperidine rings is 1. The summed E-state index contributed by atoms with van der Waals surface area (Å²) < 4.78 is 42.6. The average Bonchev–Trinajstić information content (AvgIpc) is 2.77. The number of fused-ring (bicyclic) bond motifs is 1. The van der Waals surface area contributed by atoms with Gasteiger partial charge in [0, 0.05) is 19.1 Å². The van der Waals surface area contributed by atoms with Crippen LogP contribution < -0.4 is 5.56 Å². The zero-order chi connectivity index (χ0) is 23.0. The molecule has 2 heterocycles. The first-order valence-electron chi connectivity index (χ1n) is 10.8. The zero-order valence-corrected chi connectivity index (χ0v) is 18.7. The molecule has 0 amide bonds. The van der Waals surface area contributed by atoms with E-state index in [4.69, 9.17) is 11.6 Å². The van der Waals surface area contributed by atoms with Crippen LogP contribution in [0.15, 0.2) is 41.2 Å². The molecule has 1 aliphatic heterocycles. The fourth-order valence-electron chi connectivity index (χ4n) is 4.50. The Bertz CT molecular complexity index is 1200. The Labute approximate surface area is 189 Å². The van der Waals surface area contributed by atoms with Crippen LogP contribution in [0.25, 0.3) is 22.0 Å². The number of nitrogens with zero attached hydrogens (tertiary/aromatic N) is 3. The summed E-state index contributed by atoms with van der Waals surface area (Å²) in [5, 5.41) is 0.157. The lowest BCUT2D eigenvalue weighted by molar-refractivity contribution is 0.114. The number of alkyl halides is 2. The van der Waals surface area contributed by atoms with Crippen LogP contribution in [0.3, 0.4) is 0 Å². The molecule has 1 aromatic heterocycles. The molecule has 3 aromatic rings. The lowest BCUT2D eigenvalue weighted by Gasteiger charge is -2.35. The number of hydrogen-bond donors (Lipinski definition) is 0. The smallest absolute Gasteiger partial charge is 0.295 e. The van der Waals surface area contributed by atoms with Crippen LogP contribution in [0.2, 0.25) is 5.02 Å². The molecule has 1 atom stereocenters. The largest absolute Gasteiger partial charge is 0.301 e. The van der Waals surface area contributed by atoms with E-state index in [-0.39, 0.29) is 28.4 Å². The van der Waals surface area contributed by atoms with Crippen molar-refractivity contribution in [2.24, 2.45) is 5.92 Å². The summed E-state index contributed by atoms with van der Waals surface area (Å²) in [6.45, 7) is 6.12. The minimum Gasteiger partial charge on any atom is -0.301 e. The first kappa shape index (κ1) is 22.8. The fraction of sp³-hybridized carbons (Fsp3) is 0.417. The number of halogens is 4. The van der Waals surface area contributed by atoms with E-state index >= 15 is 0 Å². The van der Waals surface area contributed by atoms with Crippen molar-refractivity contribution in [1.82, 2.24) is 14.5 Å². The molecule has 1 fully saturated rings. The second kappa shape index (κ2) is 9.24. The van der Waals surface area contributed by atoms with Crippen molar-refractivity contribution in [2.45, 2.75) is 45.7 Å². The van der Waals surface area contributed by atoms with Gasteiger partial charge in [0.15, 0.2) is 5.82 Å². The summed E-state index contributed by atoms with van der Waals surface area (Å²) in [5.41, 5.74) is 0.694. The fourth-order valence-corrected chi connectivity index (χ4v) is 4.68. The van der Waals surface area contributed by atoms with Gasteiger partial charge in [-0.05, 0) is 68.5 Å². The van der Waals surface area contributed by atoms with Gasteiger partial charge in [0.2, 0.25) is 0 Å². The van der Waals surface area contributed by atoms with Crippen molar-refractivity contribution < 1.29 is 13.2 Å². The molecule has 4 rings (SSSR count). The number of rotatable bonds is 5. The molecule has 0 radical (unpaired) electrons. The third-order valence-corrected chi connectivity index (χ3v) is 6.45. The molecule has 170 valence electrons. The topological polar surface area (TPSA) is 38.1 Å². The highest BCUT2D eigenvalue weighted by atomic mass is 35.5. The van der Waals surface area contributed by atoms with E-state index in [9.17, 15) is 18.0 Å². The lowest BCUT2D eigenvalue weighted by atomic mass is 9.96. The van der Waals surface area contributed by atoms with Crippen LogP contribution >= 0.6 is 11.6 Å². The van der Waals surface area contributed by atoms with Gasteiger partial charge in [-0.25, -0.2) is 18.2 Å². The Hall–Kier alpha value is -2.38. The molecule has 8 heteroatoms. The summed E-state index contributed by atoms with van der Waals surface area (Å²) >= 11 is 5.94. The van der Waals surface area contributed by atoms with Crippen molar-refractivity contribution in [2.75, 3.05) is 13.1 Å². The third kappa shape index (κ3) is 4.41. The van der Waals surface area contributed by atoms with E-state index in [1.807, 2.05) is 0 Å². The van der Waals surface area contributed by atoms with Crippen molar-refractivity contribution >= 4 is 22.5 Å². The average molecular weight is 464 g/mol. The van der Waals surface area contributed by atoms with Gasteiger partial charge in [0.25, 0.3) is 12.0 Å². The van der Waals surface area contributed by atoms with Crippen LogP contribution in [-0.2, 0) is 6.54 Å². The van der Waals surface area contributed by atoms with Gasteiger partial charge >= 0.3 is 0 Å². The van der Waals surface area contributed by atoms with E-state index in [0.717, 1.165) is 30.5 Å². The van der Waals surface area contributed by atoms with E-state index in [0.29, 0.717) is 17.2 Å². The highest BCUT2D eigenvalue weighted by molar-refractivity contribution is 6.31. The Morgan fingerprint density at radius 2 is 2.00 bits per heavy atom. The second-order valence-electron chi connectivity index (χ2n) is 8.61. The number of benzene rings is 2. The van der Waals surface area contributed by atoms with Crippen molar-refractivity contribution in [3.63, 3.8) is 0 Å². The minimum atomic E-state index is -2.87. The van der Waals surface area contributed by atoms with Gasteiger partial charge in [0.05, 0.1) is 15.9 Å². The van der Waals surface area contributed by atoms with E-state index in [1.165, 1.54) is 18.2 Å². The molecule has 2 aromatic carbocycles. The Morgan fingerprint density at radius 3 is 2.69 bits per heavy atom. The van der Waals surface area contributed by atoms with Gasteiger partial charge in [-0.1, -0.05) is 29.8 Å². The van der Waals surface area contributed by atoms with Gasteiger partial charge in [-0.15, -0.1) is 0 Å². The number of aromatic nitrogens is 2. The molecule has 1 unspecified atom stereocenters. The van der Waals surface area contributed by atoms with Gasteiger partial charge in [-0.2, -0.15) is 0 Å². The molecule has 0 saturated carbocycles. The van der Waals surface area contributed by atoms with Crippen LogP contribution in [-0.4, -0.2) is 33.6 Å². The standard InChI is InChI=1S/C24H25ClF3N3O/c1-14(2)30-10-4-5-15(12-30)13-31-23(22(27)28)29-20-7-3-6-17(21(20)24(31)32)16-8-9-19(26)18(25)11-16/h3,6-9,11,14-15,22H,4-5,10,12-13H2,1-2H3. The molecular formula is C24H25ClF3N3O. The molecule has 0 aliphatic carbocycles. The van der Waals surface area contributed by atoms with Crippen molar-refractivity contribution in [3.8, 4) is 11.1 Å². The first-order chi connectivity index (χ1) is 15.3. The Morgan fingerprint density at radius 1 is 1.22 bits per heavy atom. The summed E-state index contributed by atoms with van der Waals surface area (Å²) in [6.07, 6.45) is -1.05. The highest BCUT2D eigenvalue weighted by Gasteiger charge is 2.26. The lowest BCUT2D eigenvalue weighted by Crippen LogP contribution is -2.42. The van der Waals surface area contributed by atoms with E-state index < -0.39 is 23.6 Å². The van der Waals surface area contributed by atoms with Gasteiger partial charge in [-0.3, -0.25) is 9.36 Å². The highest BCUT2D eigenvalue weighted by Crippen LogP contribution is 2.30. The number of likely N-dealkylation sites (tertiary alicyclic amines) is 1. The normalized spacial score (nSPS) is 17.6. The first-order valence-corrected chi connectivity index (χ1v) is 11.1. The van der Waals surface area contributed by atoms with Crippen LogP contribution in [0.5, 0.6) is 0 Å². The van der Waals surface area contributed by atoms with Crippen LogP contribution in [0.1, 0.15) is 38.9 Å². The quantitative estimate of drug-likeness (QED) is 0.472. The third-order valence-electron chi connectivity index (χ3n) is 6.16. The van der Waals surface area contributed by atoms with Crippen LogP contribution in [0, 0.1) is 11.7 Å². The Balaban J connectivity index is 1.85. The molecule has 32 heavy (non-hydrogen) atoms. The van der Waals surface area contributed by atoms with Gasteiger partial charge in [0.1, 0.15) is 5.82 Å². The SMILES string of the molecule is CC(C)N1CCCC(Cn2c(C(F)F)nc3cccc(-c4ccc(F)c(Cl)c4)c3c2=O)C1. The molecule has 0 spiro atoms. The van der Waals surface area contributed by atoms with Crippen LogP contribution in [0.4, 0.5) is 13.2 Å². The molecule has 1 aliphatic rings. The summed E-state index contributed by atoms with van der Waals surface area (Å²) in [5.74, 6) is -1.01. The minimum absolute atomic E-state index is 0.0760. The zero-order valence-electron chi connectivity index (χ0n) is 18.0. The molecule has 1 saturated heterocycles. The Kier molecular flexibility index (Phi) is 6.58. The predicted octanol–water partition coefficient (Wildman–Crippen LogP) is 5.91. The number of hydrogen-bond acceptors (Lipinski definition) is 3. The van der Waals surface area contributed by atoms with E-state index in [2.05, 4.69) is 23.7 Å². The molecule has 4 nitrogen and oxygen atoms in total. The summed E-state index contributed by atoms with van der Waals surface area (Å²) in [7, 11) is 0. The maximum absolute atomic E-state index is 13.9. The molecular weight excluding hydrogens is 439 g/mol. The van der Waals surface area contributed by atoms with E-state index in [1.54, 1.807) is 18.2 Å². The van der Waals surface area contributed by atoms with Gasteiger partial charge < -0.3 is 4.90 Å². The van der Waals surface area contributed by atoms with Crippen molar-refractivity contribution in [3.05, 3.63) is 63.4 Å². The maximum atomic E-state index is 13.9. The summed E-state index contributed by atoms with van der Waals surface area (Å²) in [4.78, 5) is 20.0. The summed E-state index contributed by atoms with van der Waals surface area (Å²) in [6, 6.07) is 9.40. The van der Waals surface area contributed by atoms with Crippen molar-refractivity contribution in [1.29, 1.82) is 0 Å². The second-order valence-corrected chi connectivity index (χ2v) is 9.02. The molecule has 0 bridgehead atoms. The predicted molar refractivity (Wildman–Crippen MR) is 121 cm³/mol. The maximum Gasteiger partial charge on any atom is 0.295 e. The molecule has 0 N–H and O–H groups in total.